The zero-order valence-electron chi connectivity index (χ0n) is 12.0. The zero-order valence-corrected chi connectivity index (χ0v) is 13.6. The maximum atomic E-state index is 12.6. The van der Waals surface area contributed by atoms with E-state index in [1.54, 1.807) is 26.0 Å². The molecule has 112 valence electrons. The van der Waals surface area contributed by atoms with E-state index in [4.69, 9.17) is 5.11 Å². The highest BCUT2D eigenvalue weighted by molar-refractivity contribution is 7.90. The van der Waals surface area contributed by atoms with Gasteiger partial charge in [-0.25, -0.2) is 13.2 Å². The Labute approximate surface area is 128 Å². The molecule has 0 saturated heterocycles. The number of hydrogen-bond acceptors (Lipinski definition) is 4. The fourth-order valence-corrected chi connectivity index (χ4v) is 4.85. The van der Waals surface area contributed by atoms with Crippen molar-refractivity contribution in [3.05, 3.63) is 50.7 Å². The summed E-state index contributed by atoms with van der Waals surface area (Å²) in [5.74, 6) is -1.20. The van der Waals surface area contributed by atoms with Crippen molar-refractivity contribution in [1.82, 2.24) is 0 Å². The van der Waals surface area contributed by atoms with E-state index in [2.05, 4.69) is 0 Å². The molecule has 21 heavy (non-hydrogen) atoms. The number of benzene rings is 1. The molecule has 1 aromatic heterocycles. The Morgan fingerprint density at radius 2 is 1.86 bits per heavy atom. The number of sulfone groups is 1. The smallest absolute Gasteiger partial charge is 0.345 e. The molecule has 0 atom stereocenters. The van der Waals surface area contributed by atoms with E-state index < -0.39 is 15.8 Å². The van der Waals surface area contributed by atoms with Crippen LogP contribution in [-0.4, -0.2) is 19.5 Å². The Bertz CT molecular complexity index is 801. The van der Waals surface area contributed by atoms with Crippen molar-refractivity contribution in [2.24, 2.45) is 0 Å². The van der Waals surface area contributed by atoms with Gasteiger partial charge in [0.05, 0.1) is 10.6 Å². The monoisotopic (exact) mass is 324 g/mol. The van der Waals surface area contributed by atoms with Crippen LogP contribution < -0.4 is 0 Å². The standard InChI is InChI=1S/C15H16O4S2/c1-9-4-5-10(2)14(6-9)21(18,19)8-12-7-13(15(16)17)20-11(12)3/h4-7H,8H2,1-3H3,(H,16,17). The second-order valence-electron chi connectivity index (χ2n) is 5.03. The molecule has 1 N–H and O–H groups in total. The number of carbonyl (C=O) groups is 1. The minimum absolute atomic E-state index is 0.165. The lowest BCUT2D eigenvalue weighted by atomic mass is 10.2. The summed E-state index contributed by atoms with van der Waals surface area (Å²) in [5.41, 5.74) is 2.14. The molecule has 0 bridgehead atoms. The summed E-state index contributed by atoms with van der Waals surface area (Å²) in [7, 11) is -3.49. The van der Waals surface area contributed by atoms with E-state index in [-0.39, 0.29) is 10.6 Å². The summed E-state index contributed by atoms with van der Waals surface area (Å²) in [4.78, 5) is 12.2. The SMILES string of the molecule is Cc1ccc(C)c(S(=O)(=O)Cc2cc(C(=O)O)sc2C)c1. The molecule has 0 fully saturated rings. The molecule has 1 heterocycles. The van der Waals surface area contributed by atoms with Crippen LogP contribution in [0.1, 0.15) is 31.2 Å². The molecule has 0 unspecified atom stereocenters. The molecule has 0 saturated carbocycles. The van der Waals surface area contributed by atoms with Crippen LogP contribution in [0.25, 0.3) is 0 Å². The third-order valence-electron chi connectivity index (χ3n) is 3.26. The molecule has 0 amide bonds. The highest BCUT2D eigenvalue weighted by atomic mass is 32.2. The Kier molecular flexibility index (Phi) is 4.20. The van der Waals surface area contributed by atoms with Gasteiger partial charge in [0, 0.05) is 4.88 Å². The van der Waals surface area contributed by atoms with Gasteiger partial charge in [0.15, 0.2) is 9.84 Å². The number of carboxylic acids is 1. The van der Waals surface area contributed by atoms with E-state index >= 15 is 0 Å². The summed E-state index contributed by atoms with van der Waals surface area (Å²) >= 11 is 1.10. The number of thiophene rings is 1. The lowest BCUT2D eigenvalue weighted by Gasteiger charge is -2.08. The zero-order chi connectivity index (χ0) is 15.8. The van der Waals surface area contributed by atoms with Crippen LogP contribution in [0.4, 0.5) is 0 Å². The van der Waals surface area contributed by atoms with Crippen LogP contribution in [0.15, 0.2) is 29.2 Å². The van der Waals surface area contributed by atoms with Gasteiger partial charge in [0.1, 0.15) is 4.88 Å². The first-order valence-electron chi connectivity index (χ1n) is 6.33. The van der Waals surface area contributed by atoms with E-state index in [0.29, 0.717) is 16.0 Å². The fourth-order valence-electron chi connectivity index (χ4n) is 2.09. The first kappa shape index (κ1) is 15.7. The summed E-state index contributed by atoms with van der Waals surface area (Å²) < 4.78 is 25.1. The van der Waals surface area contributed by atoms with Crippen molar-refractivity contribution in [1.29, 1.82) is 0 Å². The van der Waals surface area contributed by atoms with E-state index in [9.17, 15) is 13.2 Å². The Hall–Kier alpha value is -1.66. The number of carboxylic acid groups (broad SMARTS) is 1. The number of rotatable bonds is 4. The van der Waals surface area contributed by atoms with E-state index in [0.717, 1.165) is 21.8 Å². The average molecular weight is 324 g/mol. The number of aromatic carboxylic acids is 1. The first-order valence-corrected chi connectivity index (χ1v) is 8.80. The summed E-state index contributed by atoms with van der Waals surface area (Å²) in [6.45, 7) is 5.34. The lowest BCUT2D eigenvalue weighted by molar-refractivity contribution is 0.0702. The van der Waals surface area contributed by atoms with Gasteiger partial charge in [0.25, 0.3) is 0 Å². The molecule has 0 aliphatic carbocycles. The largest absolute Gasteiger partial charge is 0.477 e. The topological polar surface area (TPSA) is 71.4 Å². The molecule has 1 aromatic carbocycles. The van der Waals surface area contributed by atoms with Crippen LogP contribution in [0.5, 0.6) is 0 Å². The highest BCUT2D eigenvalue weighted by Gasteiger charge is 2.21. The van der Waals surface area contributed by atoms with Crippen LogP contribution >= 0.6 is 11.3 Å². The lowest BCUT2D eigenvalue weighted by Crippen LogP contribution is -2.07. The van der Waals surface area contributed by atoms with Crippen molar-refractivity contribution >= 4 is 27.1 Å². The third-order valence-corrected chi connectivity index (χ3v) is 6.14. The molecule has 6 heteroatoms. The third kappa shape index (κ3) is 3.33. The Morgan fingerprint density at radius 1 is 1.19 bits per heavy atom. The predicted molar refractivity (Wildman–Crippen MR) is 82.8 cm³/mol. The second kappa shape index (κ2) is 5.61. The van der Waals surface area contributed by atoms with Crippen molar-refractivity contribution in [3.63, 3.8) is 0 Å². The second-order valence-corrected chi connectivity index (χ2v) is 8.24. The van der Waals surface area contributed by atoms with Gasteiger partial charge in [-0.2, -0.15) is 0 Å². The maximum absolute atomic E-state index is 12.6. The molecule has 0 spiro atoms. The van der Waals surface area contributed by atoms with E-state index in [1.807, 2.05) is 13.0 Å². The quantitative estimate of drug-likeness (QED) is 0.936. The van der Waals surface area contributed by atoms with Gasteiger partial charge in [-0.3, -0.25) is 0 Å². The van der Waals surface area contributed by atoms with Crippen molar-refractivity contribution in [2.75, 3.05) is 0 Å². The maximum Gasteiger partial charge on any atom is 0.345 e. The van der Waals surface area contributed by atoms with Gasteiger partial charge >= 0.3 is 5.97 Å². The summed E-state index contributed by atoms with van der Waals surface area (Å²) in [6.07, 6.45) is 0. The summed E-state index contributed by atoms with van der Waals surface area (Å²) in [6, 6.07) is 6.76. The predicted octanol–water partition coefficient (Wildman–Crippen LogP) is 3.35. The van der Waals surface area contributed by atoms with Gasteiger partial charge in [-0.15, -0.1) is 11.3 Å². The minimum atomic E-state index is -3.49. The van der Waals surface area contributed by atoms with Gasteiger partial charge < -0.3 is 5.11 Å². The molecule has 4 nitrogen and oxygen atoms in total. The molecule has 2 rings (SSSR count). The van der Waals surface area contributed by atoms with Crippen molar-refractivity contribution < 1.29 is 18.3 Å². The van der Waals surface area contributed by atoms with Crippen LogP contribution in [0.3, 0.4) is 0 Å². The molecule has 2 aromatic rings. The molecule has 0 aliphatic rings. The highest BCUT2D eigenvalue weighted by Crippen LogP contribution is 2.27. The minimum Gasteiger partial charge on any atom is -0.477 e. The number of hydrogen-bond donors (Lipinski definition) is 1. The Morgan fingerprint density at radius 3 is 2.43 bits per heavy atom. The van der Waals surface area contributed by atoms with Crippen LogP contribution in [0.2, 0.25) is 0 Å². The molecule has 0 aliphatic heterocycles. The van der Waals surface area contributed by atoms with Gasteiger partial charge in [0.2, 0.25) is 0 Å². The summed E-state index contributed by atoms with van der Waals surface area (Å²) in [5, 5.41) is 8.98. The normalized spacial score (nSPS) is 11.6. The molecular weight excluding hydrogens is 308 g/mol. The van der Waals surface area contributed by atoms with Crippen molar-refractivity contribution in [2.45, 2.75) is 31.4 Å². The van der Waals surface area contributed by atoms with Crippen LogP contribution in [0, 0.1) is 20.8 Å². The fraction of sp³-hybridized carbons (Fsp3) is 0.267. The van der Waals surface area contributed by atoms with Gasteiger partial charge in [-0.05, 0) is 49.6 Å². The molecular formula is C15H16O4S2. The van der Waals surface area contributed by atoms with Crippen molar-refractivity contribution in [3.8, 4) is 0 Å². The van der Waals surface area contributed by atoms with Gasteiger partial charge in [-0.1, -0.05) is 12.1 Å². The first-order chi connectivity index (χ1) is 9.70. The average Bonchev–Trinajstić information content (AvgIpc) is 2.73. The number of aryl methyl sites for hydroxylation is 3. The molecule has 0 radical (unpaired) electrons. The Balaban J connectivity index is 2.42. The van der Waals surface area contributed by atoms with E-state index in [1.165, 1.54) is 6.07 Å². The van der Waals surface area contributed by atoms with Crippen LogP contribution in [-0.2, 0) is 15.6 Å².